The fourth-order valence-corrected chi connectivity index (χ4v) is 3.77. The van der Waals surface area contributed by atoms with E-state index in [9.17, 15) is 4.79 Å². The first-order valence-corrected chi connectivity index (χ1v) is 9.26. The summed E-state index contributed by atoms with van der Waals surface area (Å²) in [6.45, 7) is 4.03. The number of benzene rings is 1. The Bertz CT molecular complexity index is 728. The molecule has 24 heavy (non-hydrogen) atoms. The number of nitrogens with zero attached hydrogens (tertiary/aromatic N) is 1. The molecule has 1 fully saturated rings. The maximum absolute atomic E-state index is 12.7. The highest BCUT2D eigenvalue weighted by Gasteiger charge is 2.23. The fraction of sp³-hybridized carbons (Fsp3) is 0.421. The molecule has 0 spiro atoms. The molecule has 128 valence electrons. The van der Waals surface area contributed by atoms with Crippen LogP contribution in [0.3, 0.4) is 0 Å². The lowest BCUT2D eigenvalue weighted by molar-refractivity contribution is 0.0925. The van der Waals surface area contributed by atoms with Crippen LogP contribution in [0.25, 0.3) is 5.69 Å². The molecule has 1 amide bonds. The van der Waals surface area contributed by atoms with Crippen molar-refractivity contribution in [1.29, 1.82) is 0 Å². The zero-order valence-corrected chi connectivity index (χ0v) is 15.8. The maximum Gasteiger partial charge on any atom is 0.253 e. The van der Waals surface area contributed by atoms with Crippen molar-refractivity contribution in [3.63, 3.8) is 0 Å². The summed E-state index contributed by atoms with van der Waals surface area (Å²) >= 11 is 3.46. The van der Waals surface area contributed by atoms with Gasteiger partial charge in [0.05, 0.1) is 5.56 Å². The summed E-state index contributed by atoms with van der Waals surface area (Å²) in [6.07, 6.45) is 3.92. The van der Waals surface area contributed by atoms with E-state index in [1.165, 1.54) is 0 Å². The van der Waals surface area contributed by atoms with Crippen molar-refractivity contribution in [3.05, 3.63) is 51.8 Å². The summed E-state index contributed by atoms with van der Waals surface area (Å²) < 4.78 is 3.17. The lowest BCUT2D eigenvalue weighted by Crippen LogP contribution is -2.40. The third-order valence-corrected chi connectivity index (χ3v) is 5.40. The van der Waals surface area contributed by atoms with Crippen LogP contribution in [0.5, 0.6) is 0 Å². The molecule has 0 saturated heterocycles. The zero-order valence-electron chi connectivity index (χ0n) is 14.2. The minimum Gasteiger partial charge on any atom is -0.349 e. The number of amides is 1. The molecule has 1 aliphatic carbocycles. The van der Waals surface area contributed by atoms with Crippen molar-refractivity contribution in [2.75, 3.05) is 0 Å². The van der Waals surface area contributed by atoms with Crippen molar-refractivity contribution < 1.29 is 4.79 Å². The highest BCUT2D eigenvalue weighted by Crippen LogP contribution is 2.23. The van der Waals surface area contributed by atoms with Gasteiger partial charge < -0.3 is 15.6 Å². The molecule has 1 aliphatic rings. The predicted octanol–water partition coefficient (Wildman–Crippen LogP) is 3.86. The van der Waals surface area contributed by atoms with Crippen molar-refractivity contribution in [2.24, 2.45) is 5.73 Å². The number of nitrogens with two attached hydrogens (primary N) is 1. The summed E-state index contributed by atoms with van der Waals surface area (Å²) in [5.74, 6) is 0.0203. The Morgan fingerprint density at radius 2 is 1.79 bits per heavy atom. The fourth-order valence-electron chi connectivity index (χ4n) is 3.51. The lowest BCUT2D eigenvalue weighted by atomic mass is 9.91. The number of hydrogen-bond acceptors (Lipinski definition) is 2. The molecule has 2 aromatic rings. The molecule has 0 bridgehead atoms. The number of nitrogens with one attached hydrogen (secondary N) is 1. The molecule has 1 aromatic heterocycles. The quantitative estimate of drug-likeness (QED) is 0.836. The Balaban J connectivity index is 1.80. The van der Waals surface area contributed by atoms with Gasteiger partial charge in [0, 0.05) is 33.6 Å². The van der Waals surface area contributed by atoms with Crippen LogP contribution in [-0.4, -0.2) is 22.6 Å². The summed E-state index contributed by atoms with van der Waals surface area (Å²) in [4.78, 5) is 12.7. The highest BCUT2D eigenvalue weighted by molar-refractivity contribution is 9.10. The molecular formula is C19H24BrN3O. The molecule has 5 heteroatoms. The average Bonchev–Trinajstić information content (AvgIpc) is 2.85. The highest BCUT2D eigenvalue weighted by atomic mass is 79.9. The smallest absolute Gasteiger partial charge is 0.253 e. The monoisotopic (exact) mass is 389 g/mol. The molecule has 0 unspecified atom stereocenters. The number of aryl methyl sites for hydroxylation is 1. The molecule has 0 radical (unpaired) electrons. The van der Waals surface area contributed by atoms with Gasteiger partial charge in [-0.1, -0.05) is 15.9 Å². The van der Waals surface area contributed by atoms with Crippen LogP contribution in [0.2, 0.25) is 0 Å². The van der Waals surface area contributed by atoms with Crippen LogP contribution in [0.15, 0.2) is 34.8 Å². The standard InChI is InChI=1S/C19H24BrN3O/c1-12-11-18(19(24)22-16-7-5-15(21)6-8-16)13(2)23(12)17-9-3-14(20)4-10-17/h3-4,9-11,15-16H,5-8,21H2,1-2H3,(H,22,24). The first-order valence-electron chi connectivity index (χ1n) is 8.47. The molecular weight excluding hydrogens is 366 g/mol. The van der Waals surface area contributed by atoms with E-state index in [0.717, 1.165) is 52.8 Å². The lowest BCUT2D eigenvalue weighted by Gasteiger charge is -2.26. The van der Waals surface area contributed by atoms with E-state index >= 15 is 0 Å². The van der Waals surface area contributed by atoms with E-state index in [0.29, 0.717) is 6.04 Å². The number of carbonyl (C=O) groups is 1. The Hall–Kier alpha value is -1.59. The number of rotatable bonds is 3. The van der Waals surface area contributed by atoms with E-state index in [1.54, 1.807) is 0 Å². The molecule has 4 nitrogen and oxygen atoms in total. The van der Waals surface area contributed by atoms with Gasteiger partial charge in [0.1, 0.15) is 0 Å². The number of carbonyl (C=O) groups excluding carboxylic acids is 1. The van der Waals surface area contributed by atoms with E-state index < -0.39 is 0 Å². The van der Waals surface area contributed by atoms with Gasteiger partial charge in [-0.15, -0.1) is 0 Å². The Morgan fingerprint density at radius 1 is 1.17 bits per heavy atom. The van der Waals surface area contributed by atoms with Crippen molar-refractivity contribution in [3.8, 4) is 5.69 Å². The van der Waals surface area contributed by atoms with Crippen LogP contribution in [0.4, 0.5) is 0 Å². The number of aromatic nitrogens is 1. The normalized spacial score (nSPS) is 20.8. The first-order chi connectivity index (χ1) is 11.5. The van der Waals surface area contributed by atoms with Crippen LogP contribution in [0, 0.1) is 13.8 Å². The van der Waals surface area contributed by atoms with Crippen molar-refractivity contribution in [1.82, 2.24) is 9.88 Å². The molecule has 1 saturated carbocycles. The second-order valence-electron chi connectivity index (χ2n) is 6.68. The average molecular weight is 390 g/mol. The summed E-state index contributed by atoms with van der Waals surface area (Å²) in [7, 11) is 0. The molecule has 3 rings (SSSR count). The van der Waals surface area contributed by atoms with Crippen LogP contribution in [-0.2, 0) is 0 Å². The predicted molar refractivity (Wildman–Crippen MR) is 101 cm³/mol. The molecule has 0 aliphatic heterocycles. The van der Waals surface area contributed by atoms with Gasteiger partial charge in [-0.3, -0.25) is 4.79 Å². The van der Waals surface area contributed by atoms with Crippen LogP contribution < -0.4 is 11.1 Å². The van der Waals surface area contributed by atoms with Crippen LogP contribution in [0.1, 0.15) is 47.4 Å². The van der Waals surface area contributed by atoms with E-state index in [2.05, 4.69) is 25.8 Å². The van der Waals surface area contributed by atoms with Gasteiger partial charge in [-0.25, -0.2) is 0 Å². The molecule has 1 heterocycles. The van der Waals surface area contributed by atoms with Crippen molar-refractivity contribution >= 4 is 21.8 Å². The van der Waals surface area contributed by atoms with Gasteiger partial charge in [0.25, 0.3) is 5.91 Å². The maximum atomic E-state index is 12.7. The minimum atomic E-state index is 0.0203. The van der Waals surface area contributed by atoms with Gasteiger partial charge in [0.2, 0.25) is 0 Å². The molecule has 3 N–H and O–H groups in total. The third kappa shape index (κ3) is 3.57. The van der Waals surface area contributed by atoms with Gasteiger partial charge in [0.15, 0.2) is 0 Å². The van der Waals surface area contributed by atoms with E-state index in [-0.39, 0.29) is 11.9 Å². The topological polar surface area (TPSA) is 60.1 Å². The molecule has 0 atom stereocenters. The summed E-state index contributed by atoms with van der Waals surface area (Å²) in [6, 6.07) is 10.6. The molecule has 1 aromatic carbocycles. The van der Waals surface area contributed by atoms with E-state index in [1.807, 2.05) is 44.2 Å². The SMILES string of the molecule is Cc1cc(C(=O)NC2CCC(N)CC2)c(C)n1-c1ccc(Br)cc1. The second kappa shape index (κ2) is 7.11. The first kappa shape index (κ1) is 17.2. The van der Waals surface area contributed by atoms with Gasteiger partial charge in [-0.2, -0.15) is 0 Å². The number of hydrogen-bond donors (Lipinski definition) is 2. The second-order valence-corrected chi connectivity index (χ2v) is 7.60. The summed E-state index contributed by atoms with van der Waals surface area (Å²) in [5.41, 5.74) is 9.80. The largest absolute Gasteiger partial charge is 0.349 e. The third-order valence-electron chi connectivity index (χ3n) is 4.87. The summed E-state index contributed by atoms with van der Waals surface area (Å²) in [5, 5.41) is 3.18. The Morgan fingerprint density at radius 3 is 2.42 bits per heavy atom. The van der Waals surface area contributed by atoms with Gasteiger partial charge >= 0.3 is 0 Å². The van der Waals surface area contributed by atoms with Crippen LogP contribution >= 0.6 is 15.9 Å². The Labute approximate surface area is 151 Å². The van der Waals surface area contributed by atoms with Gasteiger partial charge in [-0.05, 0) is 69.9 Å². The Kier molecular flexibility index (Phi) is 5.11. The number of halogens is 1. The van der Waals surface area contributed by atoms with E-state index in [4.69, 9.17) is 5.73 Å². The zero-order chi connectivity index (χ0) is 17.3. The van der Waals surface area contributed by atoms with Crippen molar-refractivity contribution in [2.45, 2.75) is 51.6 Å². The minimum absolute atomic E-state index is 0.0203.